The Balaban J connectivity index is 1.98. The van der Waals surface area contributed by atoms with Crippen molar-refractivity contribution in [1.29, 1.82) is 0 Å². The number of hydrogen-bond acceptors (Lipinski definition) is 2. The summed E-state index contributed by atoms with van der Waals surface area (Å²) in [7, 11) is 0. The highest BCUT2D eigenvalue weighted by Crippen LogP contribution is 2.20. The lowest BCUT2D eigenvalue weighted by Crippen LogP contribution is -2.01. The molecule has 4 nitrogen and oxygen atoms in total. The van der Waals surface area contributed by atoms with E-state index in [2.05, 4.69) is 0 Å². The fourth-order valence-corrected chi connectivity index (χ4v) is 2.47. The molecule has 3 aromatic rings. The smallest absolute Gasteiger partial charge is 0.335 e. The molecule has 1 aromatic heterocycles. The van der Waals surface area contributed by atoms with Gasteiger partial charge in [-0.1, -0.05) is 24.3 Å². The van der Waals surface area contributed by atoms with Gasteiger partial charge in [-0.2, -0.15) is 0 Å². The number of para-hydroxylation sites is 1. The van der Waals surface area contributed by atoms with Crippen molar-refractivity contribution in [3.8, 4) is 0 Å². The Morgan fingerprint density at radius 2 is 1.86 bits per heavy atom. The average molecular weight is 279 g/mol. The maximum absolute atomic E-state index is 11.2. The number of benzene rings is 2. The highest BCUT2D eigenvalue weighted by molar-refractivity contribution is 5.96. The molecule has 104 valence electrons. The minimum atomic E-state index is -0.934. The van der Waals surface area contributed by atoms with Crippen LogP contribution in [-0.2, 0) is 6.54 Å². The molecular weight excluding hydrogens is 266 g/mol. The third-order valence-corrected chi connectivity index (χ3v) is 3.50. The van der Waals surface area contributed by atoms with Gasteiger partial charge >= 0.3 is 5.97 Å². The fraction of sp³-hybridized carbons (Fsp3) is 0.0588. The summed E-state index contributed by atoms with van der Waals surface area (Å²) in [5.41, 5.74) is 2.80. The van der Waals surface area contributed by atoms with Gasteiger partial charge in [0.2, 0.25) is 0 Å². The summed E-state index contributed by atoms with van der Waals surface area (Å²) < 4.78 is 1.99. The molecule has 0 bridgehead atoms. The molecule has 1 N–H and O–H groups in total. The minimum absolute atomic E-state index is 0.268. The van der Waals surface area contributed by atoms with Crippen LogP contribution in [0.4, 0.5) is 0 Å². The minimum Gasteiger partial charge on any atom is -0.478 e. The zero-order valence-electron chi connectivity index (χ0n) is 11.2. The molecule has 0 radical (unpaired) electrons. The predicted octanol–water partition coefficient (Wildman–Crippen LogP) is 3.20. The zero-order valence-corrected chi connectivity index (χ0v) is 11.2. The third kappa shape index (κ3) is 2.43. The molecule has 0 spiro atoms. The summed E-state index contributed by atoms with van der Waals surface area (Å²) in [6.07, 6.45) is 2.79. The molecule has 0 atom stereocenters. The number of carboxylic acids is 1. The Hall–Kier alpha value is -2.88. The SMILES string of the molecule is O=Cc1cccc2ccn(Cc3ccc(C(=O)O)cc3)c12. The van der Waals surface area contributed by atoms with Gasteiger partial charge in [0.05, 0.1) is 11.1 Å². The van der Waals surface area contributed by atoms with Gasteiger partial charge in [0.15, 0.2) is 6.29 Å². The predicted molar refractivity (Wildman–Crippen MR) is 79.8 cm³/mol. The van der Waals surface area contributed by atoms with Crippen molar-refractivity contribution in [2.45, 2.75) is 6.54 Å². The van der Waals surface area contributed by atoms with Crippen LogP contribution in [0.1, 0.15) is 26.3 Å². The largest absolute Gasteiger partial charge is 0.478 e. The first-order valence-corrected chi connectivity index (χ1v) is 6.54. The number of carboxylic acid groups (broad SMARTS) is 1. The Kier molecular flexibility index (Phi) is 3.28. The molecule has 0 fully saturated rings. The number of rotatable bonds is 4. The van der Waals surface area contributed by atoms with Gasteiger partial charge in [-0.3, -0.25) is 4.79 Å². The monoisotopic (exact) mass is 279 g/mol. The molecule has 1 heterocycles. The summed E-state index contributed by atoms with van der Waals surface area (Å²) in [5.74, 6) is -0.934. The van der Waals surface area contributed by atoms with E-state index < -0.39 is 5.97 Å². The molecule has 0 unspecified atom stereocenters. The van der Waals surface area contributed by atoms with Crippen LogP contribution in [0.5, 0.6) is 0 Å². The highest BCUT2D eigenvalue weighted by Gasteiger charge is 2.07. The van der Waals surface area contributed by atoms with Crippen LogP contribution < -0.4 is 0 Å². The van der Waals surface area contributed by atoms with Crippen molar-refractivity contribution in [2.75, 3.05) is 0 Å². The van der Waals surface area contributed by atoms with E-state index in [1.807, 2.05) is 29.0 Å². The number of aromatic nitrogens is 1. The van der Waals surface area contributed by atoms with Crippen molar-refractivity contribution in [3.63, 3.8) is 0 Å². The summed E-state index contributed by atoms with van der Waals surface area (Å²) in [4.78, 5) is 22.0. The number of fused-ring (bicyclic) bond motifs is 1. The highest BCUT2D eigenvalue weighted by atomic mass is 16.4. The van der Waals surface area contributed by atoms with Gasteiger partial charge in [0.1, 0.15) is 0 Å². The van der Waals surface area contributed by atoms with Crippen LogP contribution in [0.2, 0.25) is 0 Å². The average Bonchev–Trinajstić information content (AvgIpc) is 2.91. The van der Waals surface area contributed by atoms with Crippen molar-refractivity contribution < 1.29 is 14.7 Å². The van der Waals surface area contributed by atoms with Gasteiger partial charge in [-0.25, -0.2) is 4.79 Å². The summed E-state index contributed by atoms with van der Waals surface area (Å²) in [5, 5.41) is 9.91. The van der Waals surface area contributed by atoms with Crippen molar-refractivity contribution in [3.05, 3.63) is 71.4 Å². The third-order valence-electron chi connectivity index (χ3n) is 3.50. The first kappa shape index (κ1) is 13.1. The maximum Gasteiger partial charge on any atom is 0.335 e. The lowest BCUT2D eigenvalue weighted by Gasteiger charge is -2.07. The molecule has 3 rings (SSSR count). The Bertz CT molecular complexity index is 816. The number of carbonyl (C=O) groups is 2. The molecule has 0 aliphatic carbocycles. The molecule has 0 saturated carbocycles. The van der Waals surface area contributed by atoms with Crippen LogP contribution >= 0.6 is 0 Å². The first-order valence-electron chi connectivity index (χ1n) is 6.54. The second-order valence-corrected chi connectivity index (χ2v) is 4.85. The summed E-state index contributed by atoms with van der Waals surface area (Å²) >= 11 is 0. The second kappa shape index (κ2) is 5.25. The molecule has 0 aliphatic rings. The van der Waals surface area contributed by atoms with E-state index in [1.54, 1.807) is 30.3 Å². The van der Waals surface area contributed by atoms with Crippen molar-refractivity contribution >= 4 is 23.2 Å². The van der Waals surface area contributed by atoms with E-state index >= 15 is 0 Å². The van der Waals surface area contributed by atoms with Gasteiger partial charge in [0.25, 0.3) is 0 Å². The van der Waals surface area contributed by atoms with Gasteiger partial charge < -0.3 is 9.67 Å². The van der Waals surface area contributed by atoms with Crippen LogP contribution in [0.3, 0.4) is 0 Å². The molecular formula is C17H13NO3. The Labute approximate surface area is 121 Å². The van der Waals surface area contributed by atoms with E-state index in [0.29, 0.717) is 12.1 Å². The summed E-state index contributed by atoms with van der Waals surface area (Å²) in [6, 6.07) is 14.3. The van der Waals surface area contributed by atoms with Crippen molar-refractivity contribution in [1.82, 2.24) is 4.57 Å². The molecule has 0 aliphatic heterocycles. The van der Waals surface area contributed by atoms with Gasteiger partial charge in [-0.05, 0) is 29.8 Å². The van der Waals surface area contributed by atoms with Gasteiger partial charge in [-0.15, -0.1) is 0 Å². The fourth-order valence-electron chi connectivity index (χ4n) is 2.47. The maximum atomic E-state index is 11.2. The Morgan fingerprint density at radius 3 is 2.52 bits per heavy atom. The van der Waals surface area contributed by atoms with E-state index in [4.69, 9.17) is 5.11 Å². The Morgan fingerprint density at radius 1 is 1.10 bits per heavy atom. The van der Waals surface area contributed by atoms with E-state index in [1.165, 1.54) is 0 Å². The molecule has 4 heteroatoms. The van der Waals surface area contributed by atoms with Crippen LogP contribution in [0.15, 0.2) is 54.7 Å². The van der Waals surface area contributed by atoms with Crippen LogP contribution in [-0.4, -0.2) is 21.9 Å². The summed E-state index contributed by atoms with van der Waals surface area (Å²) in [6.45, 7) is 0.592. The quantitative estimate of drug-likeness (QED) is 0.746. The lowest BCUT2D eigenvalue weighted by atomic mass is 10.1. The zero-order chi connectivity index (χ0) is 14.8. The molecule has 2 aromatic carbocycles. The standard InChI is InChI=1S/C17H13NO3/c19-11-15-3-1-2-13-8-9-18(16(13)15)10-12-4-6-14(7-5-12)17(20)21/h1-9,11H,10H2,(H,20,21). The van der Waals surface area contributed by atoms with E-state index in [-0.39, 0.29) is 5.56 Å². The molecule has 21 heavy (non-hydrogen) atoms. The van der Waals surface area contributed by atoms with Crippen LogP contribution in [0.25, 0.3) is 10.9 Å². The number of aldehydes is 1. The molecule has 0 saturated heterocycles. The number of nitrogens with zero attached hydrogens (tertiary/aromatic N) is 1. The van der Waals surface area contributed by atoms with E-state index in [0.717, 1.165) is 22.8 Å². The number of carbonyl (C=O) groups excluding carboxylic acids is 1. The number of aromatic carboxylic acids is 1. The molecule has 0 amide bonds. The van der Waals surface area contributed by atoms with E-state index in [9.17, 15) is 9.59 Å². The first-order chi connectivity index (χ1) is 10.2. The normalized spacial score (nSPS) is 10.7. The van der Waals surface area contributed by atoms with Crippen LogP contribution in [0, 0.1) is 0 Å². The van der Waals surface area contributed by atoms with Crippen molar-refractivity contribution in [2.24, 2.45) is 0 Å². The topological polar surface area (TPSA) is 59.3 Å². The number of hydrogen-bond donors (Lipinski definition) is 1. The lowest BCUT2D eigenvalue weighted by molar-refractivity contribution is 0.0696. The van der Waals surface area contributed by atoms with Gasteiger partial charge in [0, 0.05) is 23.7 Å². The second-order valence-electron chi connectivity index (χ2n) is 4.85.